The quantitative estimate of drug-likeness (QED) is 0.554. The molecule has 2 saturated heterocycles. The van der Waals surface area contributed by atoms with E-state index < -0.39 is 17.4 Å². The molecule has 0 radical (unpaired) electrons. The third-order valence-electron chi connectivity index (χ3n) is 5.88. The van der Waals surface area contributed by atoms with Gasteiger partial charge in [0.05, 0.1) is 37.5 Å². The number of carbonyl (C=O) groups excluding carboxylic acids is 1. The number of nitrogens with zero attached hydrogens (tertiary/aromatic N) is 3. The Labute approximate surface area is 219 Å². The van der Waals surface area contributed by atoms with Gasteiger partial charge in [0.25, 0.3) is 0 Å². The smallest absolute Gasteiger partial charge is 0.410 e. The van der Waals surface area contributed by atoms with Gasteiger partial charge in [-0.05, 0) is 37.0 Å². The predicted molar refractivity (Wildman–Crippen MR) is 132 cm³/mol. The van der Waals surface area contributed by atoms with Crippen LogP contribution in [-0.4, -0.2) is 67.4 Å². The summed E-state index contributed by atoms with van der Waals surface area (Å²) in [5.74, 6) is 0.246. The Kier molecular flexibility index (Phi) is 9.55. The SMILES string of the molecule is Cc1ccc(Oc2ncnc(OC3CC4COCC(C3)N4C(=O)OCC(C)(C)C)c2C)c(F)c1.O=S=O. The third kappa shape index (κ3) is 7.68. The first kappa shape index (κ1) is 28.5. The summed E-state index contributed by atoms with van der Waals surface area (Å²) in [6.07, 6.45) is 2.05. The van der Waals surface area contributed by atoms with E-state index in [1.807, 2.05) is 27.7 Å². The Balaban J connectivity index is 0.00000121. The summed E-state index contributed by atoms with van der Waals surface area (Å²) in [6.45, 7) is 10.9. The van der Waals surface area contributed by atoms with Gasteiger partial charge >= 0.3 is 17.7 Å². The monoisotopic (exact) mass is 537 g/mol. The van der Waals surface area contributed by atoms with Gasteiger partial charge in [-0.15, -0.1) is 0 Å². The molecule has 1 aromatic carbocycles. The van der Waals surface area contributed by atoms with E-state index in [4.69, 9.17) is 27.4 Å². The molecule has 0 saturated carbocycles. The van der Waals surface area contributed by atoms with Crippen molar-refractivity contribution in [1.29, 1.82) is 0 Å². The molecule has 0 N–H and O–H groups in total. The number of fused-ring (bicyclic) bond motifs is 2. The molecule has 2 aromatic rings. The summed E-state index contributed by atoms with van der Waals surface area (Å²) in [6, 6.07) is 4.48. The molecule has 4 rings (SSSR count). The Morgan fingerprint density at radius 3 is 2.35 bits per heavy atom. The van der Waals surface area contributed by atoms with Crippen LogP contribution in [0.4, 0.5) is 9.18 Å². The van der Waals surface area contributed by atoms with Crippen molar-refractivity contribution >= 4 is 17.7 Å². The molecule has 0 spiro atoms. The van der Waals surface area contributed by atoms with E-state index in [0.717, 1.165) is 5.56 Å². The standard InChI is InChI=1S/C25H32FN3O5.O2S/c1-15-6-7-21(20(26)8-15)34-23-16(2)22(27-14-28-23)33-19-9-17-11-31-12-18(10-19)29(17)24(30)32-13-25(3,4)5;1-3-2/h6-8,14,17-19H,9-13H2,1-5H3;. The fraction of sp³-hybridized carbons (Fsp3) is 0.560. The average molecular weight is 538 g/mol. The van der Waals surface area contributed by atoms with Crippen LogP contribution in [0.1, 0.15) is 44.7 Å². The van der Waals surface area contributed by atoms with Crippen LogP contribution in [0.2, 0.25) is 0 Å². The minimum absolute atomic E-state index is 0.0899. The molecule has 2 aliphatic heterocycles. The second kappa shape index (κ2) is 12.4. The second-order valence-corrected chi connectivity index (χ2v) is 10.4. The highest BCUT2D eigenvalue weighted by Crippen LogP contribution is 2.34. The van der Waals surface area contributed by atoms with Crippen molar-refractivity contribution < 1.29 is 36.6 Å². The fourth-order valence-electron chi connectivity index (χ4n) is 4.20. The van der Waals surface area contributed by atoms with Gasteiger partial charge in [0, 0.05) is 12.8 Å². The number of aromatic nitrogens is 2. The molecule has 10 nitrogen and oxygen atoms in total. The van der Waals surface area contributed by atoms with Crippen molar-refractivity contribution in [3.8, 4) is 17.5 Å². The molecule has 2 fully saturated rings. The average Bonchev–Trinajstić information content (AvgIpc) is 2.81. The number of rotatable bonds is 5. The van der Waals surface area contributed by atoms with Crippen LogP contribution in [-0.2, 0) is 21.0 Å². The van der Waals surface area contributed by atoms with E-state index in [1.165, 1.54) is 12.4 Å². The second-order valence-electron chi connectivity index (χ2n) is 10.3. The molecule has 2 atom stereocenters. The predicted octanol–water partition coefficient (Wildman–Crippen LogP) is 4.15. The Morgan fingerprint density at radius 2 is 1.76 bits per heavy atom. The van der Waals surface area contributed by atoms with Gasteiger partial charge in [0.1, 0.15) is 12.4 Å². The summed E-state index contributed by atoms with van der Waals surface area (Å²) in [4.78, 5) is 23.0. The first-order chi connectivity index (χ1) is 17.5. The van der Waals surface area contributed by atoms with Gasteiger partial charge in [-0.2, -0.15) is 8.42 Å². The number of amides is 1. The minimum Gasteiger partial charge on any atom is -0.474 e. The van der Waals surface area contributed by atoms with Crippen molar-refractivity contribution in [2.45, 2.75) is 65.6 Å². The molecular formula is C25H32FN3O7S. The zero-order chi connectivity index (χ0) is 27.2. The first-order valence-corrected chi connectivity index (χ1v) is 12.6. The topological polar surface area (TPSA) is 117 Å². The van der Waals surface area contributed by atoms with Crippen LogP contribution in [0.3, 0.4) is 0 Å². The van der Waals surface area contributed by atoms with Gasteiger partial charge in [-0.1, -0.05) is 26.8 Å². The summed E-state index contributed by atoms with van der Waals surface area (Å²) in [5.41, 5.74) is 1.28. The van der Waals surface area contributed by atoms with Crippen LogP contribution < -0.4 is 9.47 Å². The minimum atomic E-state index is -0.750. The summed E-state index contributed by atoms with van der Waals surface area (Å²) >= 11 is -0.750. The first-order valence-electron chi connectivity index (χ1n) is 11.9. The van der Waals surface area contributed by atoms with E-state index in [2.05, 4.69) is 9.97 Å². The maximum absolute atomic E-state index is 14.2. The molecular weight excluding hydrogens is 505 g/mol. The number of piperidine rings is 1. The zero-order valence-corrected chi connectivity index (χ0v) is 22.4. The van der Waals surface area contributed by atoms with E-state index in [9.17, 15) is 9.18 Å². The van der Waals surface area contributed by atoms with E-state index >= 15 is 0 Å². The van der Waals surface area contributed by atoms with Crippen molar-refractivity contribution in [2.75, 3.05) is 19.8 Å². The highest BCUT2D eigenvalue weighted by molar-refractivity contribution is 7.51. The van der Waals surface area contributed by atoms with Crippen LogP contribution in [0, 0.1) is 25.1 Å². The number of carbonyl (C=O) groups is 1. The molecule has 1 aromatic heterocycles. The molecule has 1 amide bonds. The van der Waals surface area contributed by atoms with Crippen molar-refractivity contribution in [3.05, 3.63) is 41.5 Å². The molecule has 0 aliphatic carbocycles. The van der Waals surface area contributed by atoms with Crippen molar-refractivity contribution in [2.24, 2.45) is 5.41 Å². The van der Waals surface area contributed by atoms with E-state index in [0.29, 0.717) is 44.1 Å². The van der Waals surface area contributed by atoms with Crippen LogP contribution in [0.15, 0.2) is 24.5 Å². The van der Waals surface area contributed by atoms with Crippen LogP contribution in [0.25, 0.3) is 0 Å². The summed E-state index contributed by atoms with van der Waals surface area (Å²) < 4.78 is 54.0. The highest BCUT2D eigenvalue weighted by atomic mass is 32.1. The number of benzene rings is 1. The van der Waals surface area contributed by atoms with Gasteiger partial charge < -0.3 is 18.9 Å². The number of hydrogen-bond donors (Lipinski definition) is 0. The Hall–Kier alpha value is -3.12. The van der Waals surface area contributed by atoms with Crippen LogP contribution >= 0.6 is 0 Å². The number of hydrogen-bond acceptors (Lipinski definition) is 9. The highest BCUT2D eigenvalue weighted by Gasteiger charge is 2.43. The van der Waals surface area contributed by atoms with Gasteiger partial charge in [-0.3, -0.25) is 4.90 Å². The van der Waals surface area contributed by atoms with E-state index in [1.54, 1.807) is 24.0 Å². The number of ether oxygens (including phenoxy) is 4. The lowest BCUT2D eigenvalue weighted by atomic mass is 9.92. The number of morpholine rings is 1. The Bertz CT molecular complexity index is 1120. The number of aryl methyl sites for hydroxylation is 1. The third-order valence-corrected chi connectivity index (χ3v) is 5.88. The lowest BCUT2D eigenvalue weighted by Gasteiger charge is -2.47. The molecule has 3 heterocycles. The van der Waals surface area contributed by atoms with Gasteiger partial charge in [0.2, 0.25) is 11.8 Å². The summed E-state index contributed by atoms with van der Waals surface area (Å²) in [5, 5.41) is 0. The fourth-order valence-corrected chi connectivity index (χ4v) is 4.20. The van der Waals surface area contributed by atoms with Gasteiger partial charge in [-0.25, -0.2) is 19.2 Å². The molecule has 37 heavy (non-hydrogen) atoms. The maximum Gasteiger partial charge on any atom is 0.410 e. The molecule has 202 valence electrons. The number of halogens is 1. The molecule has 2 aliphatic rings. The van der Waals surface area contributed by atoms with Crippen LogP contribution in [0.5, 0.6) is 17.5 Å². The molecule has 2 unspecified atom stereocenters. The lowest BCUT2D eigenvalue weighted by Crippen LogP contribution is -2.61. The largest absolute Gasteiger partial charge is 0.474 e. The zero-order valence-electron chi connectivity index (χ0n) is 21.6. The van der Waals surface area contributed by atoms with Crippen molar-refractivity contribution in [1.82, 2.24) is 14.9 Å². The van der Waals surface area contributed by atoms with Crippen molar-refractivity contribution in [3.63, 3.8) is 0 Å². The van der Waals surface area contributed by atoms with Gasteiger partial charge in [0.15, 0.2) is 11.6 Å². The van der Waals surface area contributed by atoms with E-state index in [-0.39, 0.29) is 41.3 Å². The lowest BCUT2D eigenvalue weighted by molar-refractivity contribution is -0.0928. The Morgan fingerprint density at radius 1 is 1.14 bits per heavy atom. The molecule has 2 bridgehead atoms. The normalized spacial score (nSPS) is 20.8. The molecule has 12 heteroatoms. The summed E-state index contributed by atoms with van der Waals surface area (Å²) in [7, 11) is 0. The maximum atomic E-state index is 14.2.